The van der Waals surface area contributed by atoms with Gasteiger partial charge in [-0.25, -0.2) is 9.97 Å². The number of carbonyl (C=O) groups excluding carboxylic acids is 1. The molecule has 1 aromatic carbocycles. The van der Waals surface area contributed by atoms with Gasteiger partial charge in [-0.05, 0) is 30.3 Å². The summed E-state index contributed by atoms with van der Waals surface area (Å²) < 4.78 is 2.47. The van der Waals surface area contributed by atoms with Crippen LogP contribution in [0.1, 0.15) is 36.8 Å². The number of nitrogens with one attached hydrogen (secondary N) is 1. The molecule has 0 radical (unpaired) electrons. The van der Waals surface area contributed by atoms with Crippen LogP contribution in [0.4, 0.5) is 5.82 Å². The van der Waals surface area contributed by atoms with Crippen molar-refractivity contribution in [2.24, 2.45) is 0 Å². The third-order valence-electron chi connectivity index (χ3n) is 3.57. The van der Waals surface area contributed by atoms with Crippen molar-refractivity contribution in [3.8, 4) is 5.95 Å². The Morgan fingerprint density at radius 2 is 1.76 bits per heavy atom. The monoisotopic (exact) mass is 399 g/mol. The molecular formula is C18H18BrN5O. The Morgan fingerprint density at radius 1 is 1.12 bits per heavy atom. The van der Waals surface area contributed by atoms with E-state index in [0.29, 0.717) is 17.3 Å². The van der Waals surface area contributed by atoms with Crippen LogP contribution in [-0.4, -0.2) is 25.7 Å². The van der Waals surface area contributed by atoms with Crippen molar-refractivity contribution in [2.75, 3.05) is 5.32 Å². The Hall–Kier alpha value is -2.54. The van der Waals surface area contributed by atoms with Gasteiger partial charge in [-0.15, -0.1) is 0 Å². The largest absolute Gasteiger partial charge is 0.306 e. The molecule has 0 unspecified atom stereocenters. The van der Waals surface area contributed by atoms with Gasteiger partial charge in [0.15, 0.2) is 0 Å². The Kier molecular flexibility index (Phi) is 4.67. The summed E-state index contributed by atoms with van der Waals surface area (Å²) in [5.74, 6) is 0.721. The summed E-state index contributed by atoms with van der Waals surface area (Å²) in [5, 5.41) is 7.49. The molecule has 0 bridgehead atoms. The van der Waals surface area contributed by atoms with Gasteiger partial charge in [0.2, 0.25) is 0 Å². The van der Waals surface area contributed by atoms with E-state index in [4.69, 9.17) is 0 Å². The third-order valence-corrected chi connectivity index (χ3v) is 4.10. The highest BCUT2D eigenvalue weighted by Gasteiger charge is 2.22. The van der Waals surface area contributed by atoms with Crippen LogP contribution >= 0.6 is 15.9 Å². The fourth-order valence-electron chi connectivity index (χ4n) is 2.18. The lowest BCUT2D eigenvalue weighted by Crippen LogP contribution is -2.16. The van der Waals surface area contributed by atoms with Crippen LogP contribution in [0.25, 0.3) is 5.95 Å². The van der Waals surface area contributed by atoms with Crippen molar-refractivity contribution in [3.05, 3.63) is 64.5 Å². The number of anilines is 1. The fraction of sp³-hybridized carbons (Fsp3) is 0.222. The number of aromatic nitrogens is 4. The molecule has 0 atom stereocenters. The van der Waals surface area contributed by atoms with Gasteiger partial charge in [0.1, 0.15) is 5.82 Å². The molecule has 2 aromatic heterocycles. The smallest absolute Gasteiger partial charge is 0.256 e. The standard InChI is InChI=1S/C18H18BrN5O/c1-18(2,3)14-11-15(24(23-14)17-20-9-4-10-21-17)22-16(25)12-5-7-13(19)8-6-12/h4-11H,1-3H3,(H,22,25). The first kappa shape index (κ1) is 17.3. The van der Waals surface area contributed by atoms with Gasteiger partial charge in [0.05, 0.1) is 5.69 Å². The van der Waals surface area contributed by atoms with Crippen LogP contribution in [0.15, 0.2) is 53.3 Å². The molecule has 0 aliphatic rings. The van der Waals surface area contributed by atoms with Crippen molar-refractivity contribution < 1.29 is 4.79 Å². The number of benzene rings is 1. The maximum atomic E-state index is 12.6. The summed E-state index contributed by atoms with van der Waals surface area (Å²) in [6.45, 7) is 6.18. The van der Waals surface area contributed by atoms with Gasteiger partial charge in [0.25, 0.3) is 11.9 Å². The Bertz CT molecular complexity index is 882. The van der Waals surface area contributed by atoms with Gasteiger partial charge >= 0.3 is 0 Å². The zero-order chi connectivity index (χ0) is 18.0. The molecule has 128 valence electrons. The number of amides is 1. The zero-order valence-corrected chi connectivity index (χ0v) is 15.8. The van der Waals surface area contributed by atoms with E-state index in [0.717, 1.165) is 10.2 Å². The molecule has 0 saturated carbocycles. The van der Waals surface area contributed by atoms with E-state index in [-0.39, 0.29) is 11.3 Å². The molecule has 0 aliphatic heterocycles. The van der Waals surface area contributed by atoms with Crippen LogP contribution in [0, 0.1) is 0 Å². The number of carbonyl (C=O) groups is 1. The number of nitrogens with zero attached hydrogens (tertiary/aromatic N) is 4. The van der Waals surface area contributed by atoms with Crippen molar-refractivity contribution in [1.82, 2.24) is 19.7 Å². The maximum Gasteiger partial charge on any atom is 0.256 e. The first-order chi connectivity index (χ1) is 11.8. The van der Waals surface area contributed by atoms with Crippen LogP contribution in [0.2, 0.25) is 0 Å². The average molecular weight is 400 g/mol. The summed E-state index contributed by atoms with van der Waals surface area (Å²) in [5.41, 5.74) is 1.23. The first-order valence-corrected chi connectivity index (χ1v) is 8.59. The van der Waals surface area contributed by atoms with Gasteiger partial charge < -0.3 is 5.32 Å². The molecule has 0 fully saturated rings. The molecule has 3 aromatic rings. The average Bonchev–Trinajstić information content (AvgIpc) is 3.00. The molecule has 25 heavy (non-hydrogen) atoms. The highest BCUT2D eigenvalue weighted by atomic mass is 79.9. The molecule has 0 spiro atoms. The van der Waals surface area contributed by atoms with Crippen LogP contribution in [0.3, 0.4) is 0 Å². The van der Waals surface area contributed by atoms with Gasteiger partial charge in [-0.2, -0.15) is 9.78 Å². The van der Waals surface area contributed by atoms with Crippen LogP contribution < -0.4 is 5.32 Å². The minimum Gasteiger partial charge on any atom is -0.306 e. The van der Waals surface area contributed by atoms with E-state index in [9.17, 15) is 4.79 Å². The summed E-state index contributed by atoms with van der Waals surface area (Å²) in [6.07, 6.45) is 3.28. The second-order valence-electron chi connectivity index (χ2n) is 6.59. The van der Waals surface area contributed by atoms with Crippen LogP contribution in [-0.2, 0) is 5.41 Å². The lowest BCUT2D eigenvalue weighted by atomic mass is 9.92. The minimum absolute atomic E-state index is 0.170. The van der Waals surface area contributed by atoms with Gasteiger partial charge in [-0.1, -0.05) is 36.7 Å². The van der Waals surface area contributed by atoms with Crippen molar-refractivity contribution in [2.45, 2.75) is 26.2 Å². The molecule has 0 aliphatic carbocycles. The van der Waals surface area contributed by atoms with E-state index in [1.54, 1.807) is 35.3 Å². The minimum atomic E-state index is -0.218. The van der Waals surface area contributed by atoms with E-state index in [1.165, 1.54) is 0 Å². The molecular weight excluding hydrogens is 382 g/mol. The summed E-state index contributed by atoms with van der Waals surface area (Å²) >= 11 is 3.37. The number of hydrogen-bond acceptors (Lipinski definition) is 4. The van der Waals surface area contributed by atoms with Crippen LogP contribution in [0.5, 0.6) is 0 Å². The highest BCUT2D eigenvalue weighted by Crippen LogP contribution is 2.25. The Morgan fingerprint density at radius 3 is 2.36 bits per heavy atom. The first-order valence-electron chi connectivity index (χ1n) is 7.79. The summed E-state index contributed by atoms with van der Waals surface area (Å²) in [6, 6.07) is 10.7. The SMILES string of the molecule is CC(C)(C)c1cc(NC(=O)c2ccc(Br)cc2)n(-c2ncccn2)n1. The molecule has 1 N–H and O–H groups in total. The summed E-state index contributed by atoms with van der Waals surface area (Å²) in [7, 11) is 0. The normalized spacial score (nSPS) is 11.4. The number of rotatable bonds is 3. The Labute approximate surface area is 154 Å². The molecule has 0 saturated heterocycles. The zero-order valence-electron chi connectivity index (χ0n) is 14.2. The van der Waals surface area contributed by atoms with Crippen molar-refractivity contribution in [3.63, 3.8) is 0 Å². The quantitative estimate of drug-likeness (QED) is 0.722. The summed E-state index contributed by atoms with van der Waals surface area (Å²) in [4.78, 5) is 21.0. The number of hydrogen-bond donors (Lipinski definition) is 1. The van der Waals surface area contributed by atoms with Gasteiger partial charge in [-0.3, -0.25) is 4.79 Å². The predicted octanol–water partition coefficient (Wildman–Crippen LogP) is 3.97. The topological polar surface area (TPSA) is 72.7 Å². The second-order valence-corrected chi connectivity index (χ2v) is 7.50. The van der Waals surface area contributed by atoms with Gasteiger partial charge in [0, 0.05) is 33.9 Å². The molecule has 7 heteroatoms. The lowest BCUT2D eigenvalue weighted by Gasteiger charge is -2.13. The van der Waals surface area contributed by atoms with Crippen molar-refractivity contribution in [1.29, 1.82) is 0 Å². The lowest BCUT2D eigenvalue weighted by molar-refractivity contribution is 0.102. The third kappa shape index (κ3) is 3.93. The fourth-order valence-corrected chi connectivity index (χ4v) is 2.44. The van der Waals surface area contributed by atoms with E-state index in [1.807, 2.05) is 18.2 Å². The molecule has 6 nitrogen and oxygen atoms in total. The highest BCUT2D eigenvalue weighted by molar-refractivity contribution is 9.10. The van der Waals surface area contributed by atoms with E-state index in [2.05, 4.69) is 57.1 Å². The number of halogens is 1. The molecule has 3 rings (SSSR count). The molecule has 2 heterocycles. The van der Waals surface area contributed by atoms with E-state index >= 15 is 0 Å². The maximum absolute atomic E-state index is 12.6. The second kappa shape index (κ2) is 6.76. The Balaban J connectivity index is 1.98. The van der Waals surface area contributed by atoms with Crippen molar-refractivity contribution >= 4 is 27.7 Å². The van der Waals surface area contributed by atoms with E-state index < -0.39 is 0 Å². The predicted molar refractivity (Wildman–Crippen MR) is 99.9 cm³/mol. The molecule has 1 amide bonds.